The van der Waals surface area contributed by atoms with E-state index in [4.69, 9.17) is 5.73 Å². The minimum absolute atomic E-state index is 0.389. The highest BCUT2D eigenvalue weighted by Crippen LogP contribution is 2.39. The summed E-state index contributed by atoms with van der Waals surface area (Å²) >= 11 is 1.57. The standard InChI is InChI=1S/C14H13N3S/c15-9-14(10-4-2-1-3-5-10)7-6-11-12(8-14)18-13(16)17-11/h1-5H,6-8H2,(H2,16,17)/p+1. The van der Waals surface area contributed by atoms with E-state index in [0.29, 0.717) is 0 Å². The van der Waals surface area contributed by atoms with Gasteiger partial charge in [0.05, 0.1) is 16.4 Å². The van der Waals surface area contributed by atoms with Crippen molar-refractivity contribution in [2.75, 3.05) is 5.73 Å². The Bertz CT molecular complexity index is 612. The van der Waals surface area contributed by atoms with Crippen LogP contribution in [0.2, 0.25) is 0 Å². The molecule has 1 aromatic heterocycles. The second kappa shape index (κ2) is 4.11. The van der Waals surface area contributed by atoms with Crippen LogP contribution >= 0.6 is 11.3 Å². The highest BCUT2D eigenvalue weighted by molar-refractivity contribution is 7.15. The lowest BCUT2D eigenvalue weighted by Gasteiger charge is -2.29. The second-order valence-corrected chi connectivity index (χ2v) is 5.87. The maximum atomic E-state index is 9.64. The molecule has 1 unspecified atom stereocenters. The summed E-state index contributed by atoms with van der Waals surface area (Å²) in [4.78, 5) is 4.42. The zero-order valence-corrected chi connectivity index (χ0v) is 10.8. The van der Waals surface area contributed by atoms with E-state index in [9.17, 15) is 5.26 Å². The molecule has 2 aromatic rings. The van der Waals surface area contributed by atoms with Crippen molar-refractivity contribution in [1.82, 2.24) is 0 Å². The van der Waals surface area contributed by atoms with Crippen LogP contribution < -0.4 is 10.7 Å². The van der Waals surface area contributed by atoms with Gasteiger partial charge in [-0.15, -0.1) is 0 Å². The highest BCUT2D eigenvalue weighted by atomic mass is 32.1. The Kier molecular flexibility index (Phi) is 2.57. The summed E-state index contributed by atoms with van der Waals surface area (Å²) < 4.78 is 0. The lowest BCUT2D eigenvalue weighted by Crippen LogP contribution is -2.33. The zero-order valence-electron chi connectivity index (χ0n) is 9.94. The van der Waals surface area contributed by atoms with Crippen LogP contribution in [0.4, 0.5) is 5.13 Å². The summed E-state index contributed by atoms with van der Waals surface area (Å²) in [6.45, 7) is 0. The van der Waals surface area contributed by atoms with E-state index in [0.717, 1.165) is 30.0 Å². The molecule has 1 aromatic carbocycles. The fourth-order valence-electron chi connectivity index (χ4n) is 2.65. The number of hydrogen-bond acceptors (Lipinski definition) is 3. The topological polar surface area (TPSA) is 64.0 Å². The molecule has 4 heteroatoms. The van der Waals surface area contributed by atoms with Crippen molar-refractivity contribution in [3.05, 3.63) is 46.5 Å². The van der Waals surface area contributed by atoms with Crippen LogP contribution in [-0.2, 0) is 18.3 Å². The van der Waals surface area contributed by atoms with Gasteiger partial charge in [0.2, 0.25) is 0 Å². The third-order valence-electron chi connectivity index (χ3n) is 3.65. The lowest BCUT2D eigenvalue weighted by atomic mass is 9.71. The van der Waals surface area contributed by atoms with E-state index in [1.54, 1.807) is 11.3 Å². The van der Waals surface area contributed by atoms with Gasteiger partial charge in [0, 0.05) is 12.8 Å². The number of fused-ring (bicyclic) bond motifs is 1. The summed E-state index contributed by atoms with van der Waals surface area (Å²) in [6.07, 6.45) is 2.51. The van der Waals surface area contributed by atoms with Gasteiger partial charge in [-0.2, -0.15) is 5.26 Å². The van der Waals surface area contributed by atoms with Crippen LogP contribution in [0, 0.1) is 11.3 Å². The fourth-order valence-corrected chi connectivity index (χ4v) is 3.68. The molecule has 0 amide bonds. The van der Waals surface area contributed by atoms with Crippen LogP contribution in [0.1, 0.15) is 22.6 Å². The van der Waals surface area contributed by atoms with Gasteiger partial charge in [0.15, 0.2) is 0 Å². The molecule has 0 saturated carbocycles. The molecule has 0 radical (unpaired) electrons. The zero-order chi connectivity index (χ0) is 12.6. The summed E-state index contributed by atoms with van der Waals surface area (Å²) in [5.74, 6) is 0. The van der Waals surface area contributed by atoms with Gasteiger partial charge in [-0.25, -0.2) is 4.98 Å². The first-order valence-electron chi connectivity index (χ1n) is 6.00. The molecule has 1 aliphatic carbocycles. The molecule has 3 nitrogen and oxygen atoms in total. The van der Waals surface area contributed by atoms with Gasteiger partial charge in [-0.05, 0) is 12.0 Å². The Balaban J connectivity index is 2.04. The van der Waals surface area contributed by atoms with Crippen molar-refractivity contribution in [2.24, 2.45) is 0 Å². The highest BCUT2D eigenvalue weighted by Gasteiger charge is 2.38. The fraction of sp³-hybridized carbons (Fsp3) is 0.286. The smallest absolute Gasteiger partial charge is 0.278 e. The van der Waals surface area contributed by atoms with Crippen molar-refractivity contribution in [3.8, 4) is 6.07 Å². The van der Waals surface area contributed by atoms with Crippen LogP contribution in [0.15, 0.2) is 30.3 Å². The third kappa shape index (κ3) is 1.68. The van der Waals surface area contributed by atoms with E-state index in [2.05, 4.69) is 23.2 Å². The number of nitriles is 1. The molecular formula is C14H14N3S+. The number of rotatable bonds is 1. The molecule has 3 rings (SSSR count). The number of H-pyrrole nitrogens is 1. The largest absolute Gasteiger partial charge is 0.329 e. The summed E-state index contributed by atoms with van der Waals surface area (Å²) in [5.41, 5.74) is 7.74. The average molecular weight is 256 g/mol. The molecule has 0 saturated heterocycles. The molecule has 1 heterocycles. The van der Waals surface area contributed by atoms with Crippen LogP contribution in [-0.4, -0.2) is 0 Å². The molecule has 0 bridgehead atoms. The number of thiazole rings is 1. The predicted octanol–water partition coefficient (Wildman–Crippen LogP) is 2.09. The maximum Gasteiger partial charge on any atom is 0.329 e. The van der Waals surface area contributed by atoms with Crippen molar-refractivity contribution in [2.45, 2.75) is 24.7 Å². The number of anilines is 1. The van der Waals surface area contributed by atoms with Crippen LogP contribution in [0.25, 0.3) is 0 Å². The minimum Gasteiger partial charge on any atom is -0.278 e. The first kappa shape index (κ1) is 11.2. The van der Waals surface area contributed by atoms with Gasteiger partial charge < -0.3 is 0 Å². The maximum absolute atomic E-state index is 9.64. The quantitative estimate of drug-likeness (QED) is 0.849. The molecule has 90 valence electrons. The predicted molar refractivity (Wildman–Crippen MR) is 71.0 cm³/mol. The Morgan fingerprint density at radius 3 is 2.83 bits per heavy atom. The van der Waals surface area contributed by atoms with E-state index in [1.807, 2.05) is 18.2 Å². The Morgan fingerprint density at radius 2 is 2.11 bits per heavy atom. The van der Waals surface area contributed by atoms with E-state index < -0.39 is 0 Å². The van der Waals surface area contributed by atoms with E-state index in [-0.39, 0.29) is 5.41 Å². The second-order valence-electron chi connectivity index (χ2n) is 4.73. The third-order valence-corrected chi connectivity index (χ3v) is 4.61. The molecule has 1 aliphatic rings. The number of aromatic amines is 1. The number of hydrogen-bond donors (Lipinski definition) is 1. The minimum atomic E-state index is -0.389. The monoisotopic (exact) mass is 256 g/mol. The Labute approximate surface area is 110 Å². The average Bonchev–Trinajstić information content (AvgIpc) is 2.78. The van der Waals surface area contributed by atoms with Gasteiger partial charge in [-0.1, -0.05) is 41.7 Å². The lowest BCUT2D eigenvalue weighted by molar-refractivity contribution is -0.368. The molecule has 0 fully saturated rings. The van der Waals surface area contributed by atoms with Crippen molar-refractivity contribution < 1.29 is 4.98 Å². The normalized spacial score (nSPS) is 22.2. The SMILES string of the molecule is N#CC1(c2ccccc2)CCc2[nH+]c(N)sc2C1. The Hall–Kier alpha value is -1.86. The number of nitrogen functional groups attached to an aromatic ring is 1. The molecule has 0 aliphatic heterocycles. The number of benzene rings is 1. The number of aromatic nitrogens is 1. The Morgan fingerprint density at radius 1 is 1.33 bits per heavy atom. The van der Waals surface area contributed by atoms with E-state index in [1.165, 1.54) is 10.6 Å². The van der Waals surface area contributed by atoms with Crippen molar-refractivity contribution >= 4 is 16.5 Å². The van der Waals surface area contributed by atoms with Gasteiger partial charge >= 0.3 is 5.13 Å². The number of nitrogens with zero attached hydrogens (tertiary/aromatic N) is 1. The van der Waals surface area contributed by atoms with Gasteiger partial charge in [0.25, 0.3) is 0 Å². The van der Waals surface area contributed by atoms with Crippen molar-refractivity contribution in [3.63, 3.8) is 0 Å². The first-order chi connectivity index (χ1) is 8.73. The first-order valence-corrected chi connectivity index (χ1v) is 6.81. The number of nitrogens with two attached hydrogens (primary N) is 1. The van der Waals surface area contributed by atoms with Crippen LogP contribution in [0.5, 0.6) is 0 Å². The number of nitrogens with one attached hydrogen (secondary N) is 1. The molecule has 18 heavy (non-hydrogen) atoms. The molecule has 3 N–H and O–H groups in total. The molecular weight excluding hydrogens is 242 g/mol. The molecule has 1 atom stereocenters. The van der Waals surface area contributed by atoms with E-state index >= 15 is 0 Å². The summed E-state index contributed by atoms with van der Waals surface area (Å²) in [5, 5.41) is 10.4. The molecule has 0 spiro atoms. The summed E-state index contributed by atoms with van der Waals surface area (Å²) in [6, 6.07) is 12.6. The van der Waals surface area contributed by atoms with Crippen molar-refractivity contribution in [1.29, 1.82) is 5.26 Å². The van der Waals surface area contributed by atoms with Crippen LogP contribution in [0.3, 0.4) is 0 Å². The van der Waals surface area contributed by atoms with Gasteiger partial charge in [-0.3, -0.25) is 5.73 Å². The summed E-state index contributed by atoms with van der Waals surface area (Å²) in [7, 11) is 0. The van der Waals surface area contributed by atoms with Gasteiger partial charge in [0.1, 0.15) is 5.69 Å². The number of aryl methyl sites for hydroxylation is 1.